The van der Waals surface area contributed by atoms with Gasteiger partial charge in [0.15, 0.2) is 17.7 Å². The summed E-state index contributed by atoms with van der Waals surface area (Å²) in [6, 6.07) is 9.02. The van der Waals surface area contributed by atoms with E-state index in [1.807, 2.05) is 6.07 Å². The molecule has 1 amide bonds. The molecule has 0 aliphatic carbocycles. The van der Waals surface area contributed by atoms with E-state index in [4.69, 9.17) is 14.2 Å². The lowest BCUT2D eigenvalue weighted by molar-refractivity contribution is -0.119. The summed E-state index contributed by atoms with van der Waals surface area (Å²) >= 11 is 0. The fourth-order valence-electron chi connectivity index (χ4n) is 2.72. The Labute approximate surface area is 167 Å². The number of benzene rings is 1. The van der Waals surface area contributed by atoms with Gasteiger partial charge < -0.3 is 29.2 Å². The minimum atomic E-state index is -1.34. The van der Waals surface area contributed by atoms with Gasteiger partial charge in [-0.1, -0.05) is 30.3 Å². The molecule has 156 valence electrons. The monoisotopic (exact) mass is 404 g/mol. The molecule has 0 atom stereocenters. The van der Waals surface area contributed by atoms with E-state index in [1.165, 1.54) is 32.0 Å². The molecular formula is C20H24N2O7. The summed E-state index contributed by atoms with van der Waals surface area (Å²) in [6.45, 7) is -0.0187. The standard InChI is InChI=1S/C20H24N2O7/c1-21-15(23)9-14-10-22(11-16(27-2)28-3)17(20(25)26)19(18(14)24)29-12-13-7-5-4-6-8-13/h4-8,10,16H,9,11-12H2,1-3H3,(H,21,23)(H,25,26). The predicted octanol–water partition coefficient (Wildman–Crippen LogP) is 1.03. The highest BCUT2D eigenvalue weighted by Gasteiger charge is 2.25. The molecule has 2 N–H and O–H groups in total. The van der Waals surface area contributed by atoms with Crippen LogP contribution in [0.4, 0.5) is 0 Å². The van der Waals surface area contributed by atoms with Gasteiger partial charge in [0.1, 0.15) is 6.61 Å². The second-order valence-electron chi connectivity index (χ2n) is 6.14. The minimum Gasteiger partial charge on any atom is -0.482 e. The Balaban J connectivity index is 2.55. The summed E-state index contributed by atoms with van der Waals surface area (Å²) in [5.41, 5.74) is -0.128. The second-order valence-corrected chi connectivity index (χ2v) is 6.14. The molecule has 0 aliphatic rings. The number of carboxylic acid groups (broad SMARTS) is 1. The van der Waals surface area contributed by atoms with Gasteiger partial charge in [-0.05, 0) is 5.56 Å². The van der Waals surface area contributed by atoms with Crippen LogP contribution in [0.25, 0.3) is 0 Å². The van der Waals surface area contributed by atoms with Crippen LogP contribution in [0.2, 0.25) is 0 Å². The normalized spacial score (nSPS) is 10.8. The van der Waals surface area contributed by atoms with Crippen LogP contribution in [0, 0.1) is 0 Å². The molecule has 1 heterocycles. The van der Waals surface area contributed by atoms with Crippen LogP contribution in [0.15, 0.2) is 41.3 Å². The van der Waals surface area contributed by atoms with Crippen molar-refractivity contribution in [3.63, 3.8) is 0 Å². The molecule has 0 spiro atoms. The number of hydrogen-bond acceptors (Lipinski definition) is 6. The lowest BCUT2D eigenvalue weighted by Crippen LogP contribution is -2.30. The van der Waals surface area contributed by atoms with Crippen molar-refractivity contribution in [2.75, 3.05) is 21.3 Å². The molecule has 29 heavy (non-hydrogen) atoms. The van der Waals surface area contributed by atoms with Crippen LogP contribution in [0.5, 0.6) is 5.75 Å². The average Bonchev–Trinajstić information content (AvgIpc) is 2.72. The topological polar surface area (TPSA) is 116 Å². The highest BCUT2D eigenvalue weighted by molar-refractivity contribution is 5.89. The number of likely N-dealkylation sites (N-methyl/N-ethyl adjacent to an activating group) is 1. The molecule has 0 saturated carbocycles. The van der Waals surface area contributed by atoms with Crippen LogP contribution in [-0.4, -0.2) is 49.1 Å². The van der Waals surface area contributed by atoms with Crippen molar-refractivity contribution in [1.29, 1.82) is 0 Å². The number of nitrogens with zero attached hydrogens (tertiary/aromatic N) is 1. The molecule has 0 aliphatic heterocycles. The SMILES string of the molecule is CNC(=O)Cc1cn(CC(OC)OC)c(C(=O)O)c(OCc2ccccc2)c1=O. The number of carboxylic acids is 1. The van der Waals surface area contributed by atoms with Gasteiger partial charge in [0.05, 0.1) is 13.0 Å². The number of pyridine rings is 1. The third kappa shape index (κ3) is 5.66. The third-order valence-corrected chi connectivity index (χ3v) is 4.24. The van der Waals surface area contributed by atoms with Crippen molar-refractivity contribution in [2.45, 2.75) is 25.9 Å². The summed E-state index contributed by atoms with van der Waals surface area (Å²) in [5.74, 6) is -2.07. The molecule has 2 rings (SSSR count). The Morgan fingerprint density at radius 1 is 1.17 bits per heavy atom. The first kappa shape index (κ1) is 22.1. The Bertz CT molecular complexity index is 905. The Kier molecular flexibility index (Phi) is 7.93. The van der Waals surface area contributed by atoms with E-state index in [9.17, 15) is 19.5 Å². The molecule has 9 nitrogen and oxygen atoms in total. The summed E-state index contributed by atoms with van der Waals surface area (Å²) in [5, 5.41) is 12.2. The van der Waals surface area contributed by atoms with Gasteiger partial charge in [0.25, 0.3) is 0 Å². The molecule has 2 aromatic rings. The second kappa shape index (κ2) is 10.4. The molecule has 0 fully saturated rings. The molecule has 9 heteroatoms. The zero-order chi connectivity index (χ0) is 21.4. The zero-order valence-corrected chi connectivity index (χ0v) is 16.5. The maximum absolute atomic E-state index is 12.9. The van der Waals surface area contributed by atoms with Crippen LogP contribution in [0.3, 0.4) is 0 Å². The number of carbonyl (C=O) groups excluding carboxylic acids is 1. The van der Waals surface area contributed by atoms with Crippen molar-refractivity contribution >= 4 is 11.9 Å². The highest BCUT2D eigenvalue weighted by atomic mass is 16.7. The van der Waals surface area contributed by atoms with Gasteiger partial charge >= 0.3 is 5.97 Å². The lowest BCUT2D eigenvalue weighted by atomic mass is 10.1. The Hall–Kier alpha value is -3.17. The van der Waals surface area contributed by atoms with Crippen molar-refractivity contribution in [3.8, 4) is 5.75 Å². The number of aromatic carboxylic acids is 1. The molecule has 0 unspecified atom stereocenters. The van der Waals surface area contributed by atoms with Gasteiger partial charge in [-0.15, -0.1) is 0 Å². The Morgan fingerprint density at radius 2 is 1.83 bits per heavy atom. The fraction of sp³-hybridized carbons (Fsp3) is 0.350. The van der Waals surface area contributed by atoms with E-state index in [2.05, 4.69) is 5.32 Å². The van der Waals surface area contributed by atoms with E-state index in [-0.39, 0.29) is 42.5 Å². The number of ether oxygens (including phenoxy) is 3. The number of hydrogen-bond donors (Lipinski definition) is 2. The molecule has 0 bridgehead atoms. The van der Waals surface area contributed by atoms with Crippen molar-refractivity contribution in [2.24, 2.45) is 0 Å². The molecule has 0 saturated heterocycles. The number of carbonyl (C=O) groups is 2. The number of amides is 1. The quantitative estimate of drug-likeness (QED) is 0.568. The first-order valence-electron chi connectivity index (χ1n) is 8.83. The van der Waals surface area contributed by atoms with Crippen molar-refractivity contribution < 1.29 is 28.9 Å². The van der Waals surface area contributed by atoms with E-state index in [1.54, 1.807) is 24.3 Å². The van der Waals surface area contributed by atoms with Crippen molar-refractivity contribution in [3.05, 3.63) is 63.6 Å². The van der Waals surface area contributed by atoms with Gasteiger partial charge in [-0.3, -0.25) is 9.59 Å². The van der Waals surface area contributed by atoms with Crippen LogP contribution in [-0.2, 0) is 33.8 Å². The predicted molar refractivity (Wildman–Crippen MR) is 104 cm³/mol. The maximum atomic E-state index is 12.9. The van der Waals surface area contributed by atoms with Crippen LogP contribution in [0.1, 0.15) is 21.6 Å². The number of rotatable bonds is 10. The summed E-state index contributed by atoms with van der Waals surface area (Å²) in [7, 11) is 4.27. The summed E-state index contributed by atoms with van der Waals surface area (Å²) < 4.78 is 17.2. The molecule has 1 aromatic heterocycles. The van der Waals surface area contributed by atoms with E-state index in [0.29, 0.717) is 0 Å². The lowest BCUT2D eigenvalue weighted by Gasteiger charge is -2.20. The number of nitrogens with one attached hydrogen (secondary N) is 1. The largest absolute Gasteiger partial charge is 0.482 e. The van der Waals surface area contributed by atoms with Crippen LogP contribution < -0.4 is 15.5 Å². The van der Waals surface area contributed by atoms with Crippen molar-refractivity contribution in [1.82, 2.24) is 9.88 Å². The average molecular weight is 404 g/mol. The Morgan fingerprint density at radius 3 is 2.38 bits per heavy atom. The van der Waals surface area contributed by atoms with Gasteiger partial charge in [-0.2, -0.15) is 0 Å². The molecule has 0 radical (unpaired) electrons. The number of methoxy groups -OCH3 is 2. The highest BCUT2D eigenvalue weighted by Crippen LogP contribution is 2.19. The van der Waals surface area contributed by atoms with E-state index >= 15 is 0 Å². The fourth-order valence-corrected chi connectivity index (χ4v) is 2.72. The molecule has 1 aromatic carbocycles. The minimum absolute atomic E-state index is 0.00221. The zero-order valence-electron chi connectivity index (χ0n) is 16.5. The van der Waals surface area contributed by atoms with Crippen LogP contribution >= 0.6 is 0 Å². The molecular weight excluding hydrogens is 380 g/mol. The van der Waals surface area contributed by atoms with E-state index < -0.39 is 17.7 Å². The van der Waals surface area contributed by atoms with Gasteiger partial charge in [0.2, 0.25) is 11.3 Å². The maximum Gasteiger partial charge on any atom is 0.356 e. The van der Waals surface area contributed by atoms with E-state index in [0.717, 1.165) is 5.56 Å². The summed E-state index contributed by atoms with van der Waals surface area (Å²) in [4.78, 5) is 36.7. The summed E-state index contributed by atoms with van der Waals surface area (Å²) in [6.07, 6.45) is 0.341. The number of aromatic nitrogens is 1. The van der Waals surface area contributed by atoms with Gasteiger partial charge in [-0.25, -0.2) is 4.79 Å². The smallest absolute Gasteiger partial charge is 0.356 e. The first-order valence-corrected chi connectivity index (χ1v) is 8.83. The van der Waals surface area contributed by atoms with Gasteiger partial charge in [0, 0.05) is 33.0 Å². The first-order chi connectivity index (χ1) is 13.9. The third-order valence-electron chi connectivity index (χ3n) is 4.24.